The fourth-order valence-corrected chi connectivity index (χ4v) is 3.33. The van der Waals surface area contributed by atoms with Gasteiger partial charge in [0, 0.05) is 38.8 Å². The SMILES string of the molecule is COc1ccc(CC2=NOC(CNC(=O)CCN3CCCCC3=O)C2)cc1. The van der Waals surface area contributed by atoms with E-state index in [-0.39, 0.29) is 17.9 Å². The van der Waals surface area contributed by atoms with Gasteiger partial charge in [0.2, 0.25) is 11.8 Å². The Morgan fingerprint density at radius 2 is 2.15 bits per heavy atom. The molecular weight excluding hydrogens is 346 g/mol. The van der Waals surface area contributed by atoms with Gasteiger partial charge in [0.25, 0.3) is 0 Å². The maximum Gasteiger partial charge on any atom is 0.222 e. The van der Waals surface area contributed by atoms with Gasteiger partial charge >= 0.3 is 0 Å². The number of methoxy groups -OCH3 is 1. The number of carbonyl (C=O) groups excluding carboxylic acids is 2. The number of oxime groups is 1. The number of likely N-dealkylation sites (tertiary alicyclic amines) is 1. The van der Waals surface area contributed by atoms with Gasteiger partial charge in [0.1, 0.15) is 11.9 Å². The maximum atomic E-state index is 12.0. The minimum absolute atomic E-state index is 0.0550. The second kappa shape index (κ2) is 9.39. The Morgan fingerprint density at radius 1 is 1.33 bits per heavy atom. The van der Waals surface area contributed by atoms with Crippen LogP contribution in [0.25, 0.3) is 0 Å². The molecule has 146 valence electrons. The monoisotopic (exact) mass is 373 g/mol. The number of nitrogens with one attached hydrogen (secondary N) is 1. The molecule has 0 bridgehead atoms. The van der Waals surface area contributed by atoms with Crippen molar-refractivity contribution in [3.05, 3.63) is 29.8 Å². The van der Waals surface area contributed by atoms with Crippen molar-refractivity contribution < 1.29 is 19.2 Å². The van der Waals surface area contributed by atoms with E-state index in [1.165, 1.54) is 0 Å². The van der Waals surface area contributed by atoms with Gasteiger partial charge in [-0.05, 0) is 30.5 Å². The molecule has 2 aliphatic heterocycles. The number of amides is 2. The van der Waals surface area contributed by atoms with E-state index in [2.05, 4.69) is 10.5 Å². The summed E-state index contributed by atoms with van der Waals surface area (Å²) in [6, 6.07) is 7.88. The number of rotatable bonds is 8. The van der Waals surface area contributed by atoms with Crippen LogP contribution in [0.3, 0.4) is 0 Å². The molecule has 7 heteroatoms. The molecule has 1 aromatic rings. The van der Waals surface area contributed by atoms with Crippen LogP contribution in [0, 0.1) is 0 Å². The third kappa shape index (κ3) is 5.70. The van der Waals surface area contributed by atoms with Crippen molar-refractivity contribution in [1.82, 2.24) is 10.2 Å². The van der Waals surface area contributed by atoms with Gasteiger partial charge in [-0.15, -0.1) is 0 Å². The van der Waals surface area contributed by atoms with Gasteiger partial charge in [-0.2, -0.15) is 0 Å². The fraction of sp³-hybridized carbons (Fsp3) is 0.550. The van der Waals surface area contributed by atoms with Crippen LogP contribution in [-0.2, 0) is 20.8 Å². The number of piperidine rings is 1. The molecule has 7 nitrogen and oxygen atoms in total. The highest BCUT2D eigenvalue weighted by atomic mass is 16.6. The van der Waals surface area contributed by atoms with E-state index in [0.717, 1.165) is 42.8 Å². The predicted octanol–water partition coefficient (Wildman–Crippen LogP) is 1.90. The summed E-state index contributed by atoms with van der Waals surface area (Å²) < 4.78 is 5.16. The molecule has 0 saturated carbocycles. The Bertz CT molecular complexity index is 687. The molecule has 27 heavy (non-hydrogen) atoms. The molecule has 1 saturated heterocycles. The van der Waals surface area contributed by atoms with Crippen LogP contribution in [0.1, 0.15) is 37.7 Å². The number of benzene rings is 1. The summed E-state index contributed by atoms with van der Waals surface area (Å²) in [7, 11) is 1.65. The Balaban J connectivity index is 1.34. The Morgan fingerprint density at radius 3 is 2.89 bits per heavy atom. The number of hydrogen-bond donors (Lipinski definition) is 1. The normalized spacial score (nSPS) is 19.4. The topological polar surface area (TPSA) is 80.2 Å². The van der Waals surface area contributed by atoms with E-state index >= 15 is 0 Å². The molecule has 1 fully saturated rings. The van der Waals surface area contributed by atoms with E-state index in [9.17, 15) is 9.59 Å². The lowest BCUT2D eigenvalue weighted by molar-refractivity contribution is -0.133. The van der Waals surface area contributed by atoms with Crippen LogP contribution in [-0.4, -0.2) is 55.3 Å². The molecule has 1 atom stereocenters. The quantitative estimate of drug-likeness (QED) is 0.755. The smallest absolute Gasteiger partial charge is 0.222 e. The van der Waals surface area contributed by atoms with Crippen molar-refractivity contribution in [3.63, 3.8) is 0 Å². The lowest BCUT2D eigenvalue weighted by atomic mass is 10.0. The number of nitrogens with zero attached hydrogens (tertiary/aromatic N) is 2. The van der Waals surface area contributed by atoms with Crippen LogP contribution < -0.4 is 10.1 Å². The molecule has 3 rings (SSSR count). The summed E-state index contributed by atoms with van der Waals surface area (Å²) in [6.45, 7) is 1.69. The minimum Gasteiger partial charge on any atom is -0.497 e. The van der Waals surface area contributed by atoms with Crippen LogP contribution in [0.15, 0.2) is 29.4 Å². The minimum atomic E-state index is -0.126. The standard InChI is InChI=1S/C20H27N3O4/c1-26-17-7-5-15(6-8-17)12-16-13-18(27-22-16)14-21-19(24)9-11-23-10-3-2-4-20(23)25/h5-8,18H,2-4,9-14H2,1H3,(H,21,24). The first-order valence-corrected chi connectivity index (χ1v) is 9.53. The van der Waals surface area contributed by atoms with E-state index in [1.54, 1.807) is 12.0 Å². The highest BCUT2D eigenvalue weighted by molar-refractivity contribution is 5.87. The average molecular weight is 373 g/mol. The fourth-order valence-electron chi connectivity index (χ4n) is 3.33. The third-order valence-electron chi connectivity index (χ3n) is 4.92. The van der Waals surface area contributed by atoms with E-state index in [1.807, 2.05) is 24.3 Å². The van der Waals surface area contributed by atoms with Crippen LogP contribution in [0.2, 0.25) is 0 Å². The highest BCUT2D eigenvalue weighted by Crippen LogP contribution is 2.17. The molecule has 1 N–H and O–H groups in total. The van der Waals surface area contributed by atoms with E-state index in [4.69, 9.17) is 9.57 Å². The van der Waals surface area contributed by atoms with Gasteiger partial charge in [-0.1, -0.05) is 17.3 Å². The highest BCUT2D eigenvalue weighted by Gasteiger charge is 2.22. The molecule has 2 aliphatic rings. The van der Waals surface area contributed by atoms with Crippen molar-refractivity contribution in [1.29, 1.82) is 0 Å². The van der Waals surface area contributed by atoms with Gasteiger partial charge in [0.15, 0.2) is 0 Å². The number of hydrogen-bond acceptors (Lipinski definition) is 5. The van der Waals surface area contributed by atoms with Crippen LogP contribution in [0.5, 0.6) is 5.75 Å². The first-order valence-electron chi connectivity index (χ1n) is 9.53. The molecule has 0 aromatic heterocycles. The van der Waals surface area contributed by atoms with Crippen LogP contribution >= 0.6 is 0 Å². The summed E-state index contributed by atoms with van der Waals surface area (Å²) >= 11 is 0. The van der Waals surface area contributed by atoms with E-state index < -0.39 is 0 Å². The molecule has 2 heterocycles. The number of ether oxygens (including phenoxy) is 1. The maximum absolute atomic E-state index is 12.0. The second-order valence-corrected chi connectivity index (χ2v) is 7.01. The third-order valence-corrected chi connectivity index (χ3v) is 4.92. The van der Waals surface area contributed by atoms with Crippen molar-refractivity contribution in [3.8, 4) is 5.75 Å². The Kier molecular flexibility index (Phi) is 6.68. The first-order chi connectivity index (χ1) is 13.1. The van der Waals surface area contributed by atoms with Crippen molar-refractivity contribution in [2.45, 2.75) is 44.6 Å². The Hall–Kier alpha value is -2.57. The van der Waals surface area contributed by atoms with Crippen molar-refractivity contribution in [2.75, 3.05) is 26.7 Å². The molecular formula is C20H27N3O4. The zero-order valence-corrected chi connectivity index (χ0v) is 15.8. The van der Waals surface area contributed by atoms with Crippen LogP contribution in [0.4, 0.5) is 0 Å². The van der Waals surface area contributed by atoms with Crippen molar-refractivity contribution in [2.24, 2.45) is 5.16 Å². The Labute approximate surface area is 159 Å². The predicted molar refractivity (Wildman–Crippen MR) is 102 cm³/mol. The molecule has 0 spiro atoms. The van der Waals surface area contributed by atoms with E-state index in [0.29, 0.717) is 32.4 Å². The van der Waals surface area contributed by atoms with Gasteiger partial charge in [-0.25, -0.2) is 0 Å². The van der Waals surface area contributed by atoms with Gasteiger partial charge in [-0.3, -0.25) is 9.59 Å². The first kappa shape index (κ1) is 19.2. The molecule has 2 amide bonds. The number of carbonyl (C=O) groups is 2. The average Bonchev–Trinajstić information content (AvgIpc) is 3.13. The zero-order chi connectivity index (χ0) is 19.1. The summed E-state index contributed by atoms with van der Waals surface area (Å²) in [5.74, 6) is 0.931. The van der Waals surface area contributed by atoms with Gasteiger partial charge < -0.3 is 19.8 Å². The largest absolute Gasteiger partial charge is 0.497 e. The zero-order valence-electron chi connectivity index (χ0n) is 15.8. The summed E-state index contributed by atoms with van der Waals surface area (Å²) in [5.41, 5.74) is 2.12. The lowest BCUT2D eigenvalue weighted by Gasteiger charge is -2.26. The lowest BCUT2D eigenvalue weighted by Crippen LogP contribution is -2.39. The summed E-state index contributed by atoms with van der Waals surface area (Å²) in [4.78, 5) is 31.0. The summed E-state index contributed by atoms with van der Waals surface area (Å²) in [6.07, 6.45) is 4.22. The molecule has 0 aliphatic carbocycles. The second-order valence-electron chi connectivity index (χ2n) is 7.01. The van der Waals surface area contributed by atoms with Gasteiger partial charge in [0.05, 0.1) is 19.4 Å². The van der Waals surface area contributed by atoms with Crippen molar-refractivity contribution >= 4 is 17.5 Å². The molecule has 1 unspecified atom stereocenters. The molecule has 0 radical (unpaired) electrons. The summed E-state index contributed by atoms with van der Waals surface area (Å²) in [5, 5.41) is 7.03. The molecule has 1 aromatic carbocycles.